The van der Waals surface area contributed by atoms with E-state index < -0.39 is 0 Å². The van der Waals surface area contributed by atoms with Crippen molar-refractivity contribution in [2.75, 3.05) is 37.6 Å². The van der Waals surface area contributed by atoms with Gasteiger partial charge in [0.15, 0.2) is 5.69 Å². The van der Waals surface area contributed by atoms with Gasteiger partial charge < -0.3 is 9.88 Å². The van der Waals surface area contributed by atoms with E-state index in [0.29, 0.717) is 5.69 Å². The molecule has 0 spiro atoms. The average molecular weight is 451 g/mol. The van der Waals surface area contributed by atoms with Crippen molar-refractivity contribution in [3.05, 3.63) is 83.6 Å². The van der Waals surface area contributed by atoms with Gasteiger partial charge in [0.1, 0.15) is 0 Å². The maximum Gasteiger partial charge on any atom is 0.225 e. The second-order valence-corrected chi connectivity index (χ2v) is 9.03. The minimum atomic E-state index is 0.708. The van der Waals surface area contributed by atoms with Gasteiger partial charge in [-0.15, -0.1) is 0 Å². The zero-order chi connectivity index (χ0) is 23.3. The van der Waals surface area contributed by atoms with Crippen LogP contribution in [0.25, 0.3) is 26.9 Å². The predicted octanol–water partition coefficient (Wildman–Crippen LogP) is 5.63. The first-order chi connectivity index (χ1) is 16.7. The summed E-state index contributed by atoms with van der Waals surface area (Å²) in [5.41, 5.74) is 6.65. The normalized spacial score (nSPS) is 14.4. The number of H-pyrrole nitrogens is 1. The molecule has 0 aliphatic carbocycles. The molecule has 0 atom stereocenters. The highest BCUT2D eigenvalue weighted by Crippen LogP contribution is 2.25. The van der Waals surface area contributed by atoms with Crippen molar-refractivity contribution in [3.8, 4) is 11.1 Å². The van der Waals surface area contributed by atoms with Crippen LogP contribution in [0, 0.1) is 13.5 Å². The number of benzene rings is 2. The molecule has 6 nitrogen and oxygen atoms in total. The summed E-state index contributed by atoms with van der Waals surface area (Å²) in [5, 5.41) is 1.19. The fourth-order valence-corrected chi connectivity index (χ4v) is 4.79. The van der Waals surface area contributed by atoms with E-state index in [1.54, 1.807) is 0 Å². The molecular weight excluding hydrogens is 420 g/mol. The lowest BCUT2D eigenvalue weighted by Gasteiger charge is -2.34. The van der Waals surface area contributed by atoms with Crippen molar-refractivity contribution in [1.29, 1.82) is 0 Å². The quantitative estimate of drug-likeness (QED) is 0.293. The Bertz CT molecular complexity index is 1290. The molecule has 2 aromatic heterocycles. The van der Waals surface area contributed by atoms with Gasteiger partial charge in [-0.05, 0) is 66.9 Å². The number of unbranched alkanes of at least 4 members (excludes halogenated alkanes) is 1. The first kappa shape index (κ1) is 22.1. The predicted molar refractivity (Wildman–Crippen MR) is 138 cm³/mol. The summed E-state index contributed by atoms with van der Waals surface area (Å²) in [6, 6.07) is 14.2. The van der Waals surface area contributed by atoms with Gasteiger partial charge in [-0.3, -0.25) is 4.90 Å². The van der Waals surface area contributed by atoms with E-state index in [0.717, 1.165) is 62.6 Å². The number of nitrogens with one attached hydrogen (secondary N) is 1. The Morgan fingerprint density at radius 2 is 1.79 bits per heavy atom. The van der Waals surface area contributed by atoms with Crippen molar-refractivity contribution >= 4 is 22.5 Å². The molecule has 34 heavy (non-hydrogen) atoms. The number of aromatic nitrogens is 3. The molecule has 1 N–H and O–H groups in total. The van der Waals surface area contributed by atoms with Crippen LogP contribution in [-0.2, 0) is 6.42 Å². The van der Waals surface area contributed by atoms with Gasteiger partial charge >= 0.3 is 0 Å². The molecule has 1 fully saturated rings. The van der Waals surface area contributed by atoms with E-state index >= 15 is 0 Å². The summed E-state index contributed by atoms with van der Waals surface area (Å²) < 4.78 is 0. The number of rotatable bonds is 7. The zero-order valence-corrected chi connectivity index (χ0v) is 19.7. The number of piperazine rings is 1. The molecule has 0 saturated carbocycles. The molecule has 0 unspecified atom stereocenters. The van der Waals surface area contributed by atoms with Gasteiger partial charge in [0, 0.05) is 55.8 Å². The summed E-state index contributed by atoms with van der Waals surface area (Å²) in [5.74, 6) is 0.829. The Balaban J connectivity index is 1.08. The highest BCUT2D eigenvalue weighted by atomic mass is 15.3. The van der Waals surface area contributed by atoms with Gasteiger partial charge in [0.05, 0.1) is 6.57 Å². The highest BCUT2D eigenvalue weighted by Gasteiger charge is 2.19. The maximum atomic E-state index is 7.24. The molecule has 1 aliphatic heterocycles. The zero-order valence-electron chi connectivity index (χ0n) is 19.7. The lowest BCUT2D eigenvalue weighted by molar-refractivity contribution is 0.252. The van der Waals surface area contributed by atoms with Gasteiger partial charge in [-0.2, -0.15) is 0 Å². The third-order valence-electron chi connectivity index (χ3n) is 6.80. The van der Waals surface area contributed by atoms with Crippen LogP contribution in [0.5, 0.6) is 0 Å². The molecule has 5 rings (SSSR count). The monoisotopic (exact) mass is 450 g/mol. The van der Waals surface area contributed by atoms with Crippen LogP contribution in [0.2, 0.25) is 0 Å². The van der Waals surface area contributed by atoms with Crippen molar-refractivity contribution < 1.29 is 0 Å². The molecule has 1 aliphatic rings. The molecule has 3 heterocycles. The van der Waals surface area contributed by atoms with Crippen LogP contribution in [0.3, 0.4) is 0 Å². The molecule has 4 aromatic rings. The smallest absolute Gasteiger partial charge is 0.225 e. The fraction of sp³-hybridized carbons (Fsp3) is 0.321. The van der Waals surface area contributed by atoms with Crippen molar-refractivity contribution in [2.45, 2.75) is 26.2 Å². The summed E-state index contributed by atoms with van der Waals surface area (Å²) in [6.07, 6.45) is 9.37. The van der Waals surface area contributed by atoms with Crippen LogP contribution in [-0.4, -0.2) is 52.6 Å². The van der Waals surface area contributed by atoms with Gasteiger partial charge in [0.2, 0.25) is 5.95 Å². The largest absolute Gasteiger partial charge is 0.361 e. The maximum absolute atomic E-state index is 7.24. The first-order valence-corrected chi connectivity index (χ1v) is 12.0. The van der Waals surface area contributed by atoms with E-state index in [4.69, 9.17) is 6.57 Å². The van der Waals surface area contributed by atoms with Crippen LogP contribution in [0.1, 0.15) is 24.0 Å². The van der Waals surface area contributed by atoms with Crippen LogP contribution < -0.4 is 4.90 Å². The topological polar surface area (TPSA) is 52.4 Å². The number of anilines is 1. The second-order valence-electron chi connectivity index (χ2n) is 9.03. The van der Waals surface area contributed by atoms with Crippen LogP contribution in [0.15, 0.2) is 61.1 Å². The van der Waals surface area contributed by atoms with E-state index in [2.05, 4.69) is 67.0 Å². The lowest BCUT2D eigenvalue weighted by atomic mass is 10.0. The number of hydrogen-bond donors (Lipinski definition) is 1. The van der Waals surface area contributed by atoms with E-state index in [9.17, 15) is 0 Å². The molecular formula is C28H30N6. The Kier molecular flexibility index (Phi) is 6.55. The summed E-state index contributed by atoms with van der Waals surface area (Å²) in [7, 11) is 0. The number of hydrogen-bond acceptors (Lipinski definition) is 4. The first-order valence-electron chi connectivity index (χ1n) is 12.0. The molecule has 0 bridgehead atoms. The Morgan fingerprint density at radius 3 is 2.56 bits per heavy atom. The minimum Gasteiger partial charge on any atom is -0.361 e. The van der Waals surface area contributed by atoms with Crippen molar-refractivity contribution in [3.63, 3.8) is 0 Å². The van der Waals surface area contributed by atoms with Crippen molar-refractivity contribution in [2.24, 2.45) is 0 Å². The second kappa shape index (κ2) is 10.1. The van der Waals surface area contributed by atoms with Gasteiger partial charge in [-0.25, -0.2) is 14.8 Å². The van der Waals surface area contributed by atoms with Gasteiger partial charge in [0.25, 0.3) is 0 Å². The summed E-state index contributed by atoms with van der Waals surface area (Å²) in [4.78, 5) is 21.1. The minimum absolute atomic E-state index is 0.708. The average Bonchev–Trinajstić information content (AvgIpc) is 3.29. The number of aromatic amines is 1. The lowest BCUT2D eigenvalue weighted by Crippen LogP contribution is -2.47. The molecule has 0 amide bonds. The fourth-order valence-electron chi connectivity index (χ4n) is 4.79. The SMILES string of the molecule is [C-]#[N+]c1ccc2[nH]cc(CCCCN3CCN(c4ncc(-c5ccccc5C)cn4)CC3)c2c1. The standard InChI is InChI=1S/C28H30N6/c1-21-7-3-4-9-25(21)23-19-31-28(32-20-23)34-15-13-33(14-16-34)12-6-5-8-22-18-30-27-11-10-24(29-2)17-26(22)27/h3-4,7,9-11,17-20,30H,5-6,8,12-16H2,1H3. The summed E-state index contributed by atoms with van der Waals surface area (Å²) >= 11 is 0. The highest BCUT2D eigenvalue weighted by molar-refractivity contribution is 5.86. The Labute approximate surface area is 201 Å². The molecule has 1 saturated heterocycles. The Hall–Kier alpha value is -3.69. The molecule has 0 radical (unpaired) electrons. The van der Waals surface area contributed by atoms with Crippen molar-refractivity contribution in [1.82, 2.24) is 19.9 Å². The van der Waals surface area contributed by atoms with Crippen LogP contribution >= 0.6 is 0 Å². The number of nitrogens with zero attached hydrogens (tertiary/aromatic N) is 5. The number of fused-ring (bicyclic) bond motifs is 1. The Morgan fingerprint density at radius 1 is 1.00 bits per heavy atom. The molecule has 2 aromatic carbocycles. The molecule has 6 heteroatoms. The third-order valence-corrected chi connectivity index (χ3v) is 6.80. The van der Waals surface area contributed by atoms with Gasteiger partial charge in [-0.1, -0.05) is 30.3 Å². The summed E-state index contributed by atoms with van der Waals surface area (Å²) in [6.45, 7) is 14.5. The third kappa shape index (κ3) is 4.80. The van der Waals surface area contributed by atoms with E-state index in [1.807, 2.05) is 30.6 Å². The molecule has 172 valence electrons. The van der Waals surface area contributed by atoms with E-state index in [1.165, 1.54) is 28.5 Å². The van der Waals surface area contributed by atoms with Crippen LogP contribution in [0.4, 0.5) is 11.6 Å². The number of aryl methyl sites for hydroxylation is 2. The van der Waals surface area contributed by atoms with E-state index in [-0.39, 0.29) is 0 Å².